The molecule has 1 N–H and O–H groups in total. The van der Waals surface area contributed by atoms with Crippen LogP contribution in [0.5, 0.6) is 11.5 Å². The zero-order valence-electron chi connectivity index (χ0n) is 14.8. The fraction of sp³-hybridized carbons (Fsp3) is 0.300. The molecule has 1 unspecified atom stereocenters. The van der Waals surface area contributed by atoms with Crippen LogP contribution in [0.15, 0.2) is 36.4 Å². The van der Waals surface area contributed by atoms with E-state index in [1.165, 1.54) is 11.0 Å². The van der Waals surface area contributed by atoms with Gasteiger partial charge in [0.05, 0.1) is 5.69 Å². The van der Waals surface area contributed by atoms with E-state index in [0.717, 1.165) is 11.1 Å². The second-order valence-corrected chi connectivity index (χ2v) is 6.69. The van der Waals surface area contributed by atoms with Gasteiger partial charge in [0.25, 0.3) is 0 Å². The third-order valence-corrected chi connectivity index (χ3v) is 4.82. The molecule has 0 spiro atoms. The maximum Gasteiger partial charge on any atom is 0.239 e. The third-order valence-electron chi connectivity index (χ3n) is 4.82. The summed E-state index contributed by atoms with van der Waals surface area (Å²) in [4.78, 5) is 26.5. The smallest absolute Gasteiger partial charge is 0.239 e. The summed E-state index contributed by atoms with van der Waals surface area (Å²) in [6.07, 6.45) is 0.360. The molecule has 1 saturated heterocycles. The van der Waals surface area contributed by atoms with Crippen molar-refractivity contribution in [3.8, 4) is 11.5 Å². The molecule has 6 nitrogen and oxygen atoms in total. The first kappa shape index (κ1) is 17.3. The second kappa shape index (κ2) is 6.90. The highest BCUT2D eigenvalue weighted by atomic mass is 19.1. The van der Waals surface area contributed by atoms with E-state index < -0.39 is 11.7 Å². The van der Waals surface area contributed by atoms with E-state index in [4.69, 9.17) is 9.47 Å². The van der Waals surface area contributed by atoms with Crippen molar-refractivity contribution in [2.45, 2.75) is 19.9 Å². The van der Waals surface area contributed by atoms with E-state index in [1.807, 2.05) is 13.0 Å². The maximum atomic E-state index is 14.1. The fourth-order valence-corrected chi connectivity index (χ4v) is 3.36. The Morgan fingerprint density at radius 2 is 2.04 bits per heavy atom. The first-order chi connectivity index (χ1) is 13.0. The van der Waals surface area contributed by atoms with Crippen molar-refractivity contribution in [1.29, 1.82) is 0 Å². The predicted molar refractivity (Wildman–Crippen MR) is 96.0 cm³/mol. The number of benzene rings is 2. The number of fused-ring (bicyclic) bond motifs is 1. The summed E-state index contributed by atoms with van der Waals surface area (Å²) in [5.74, 6) is -0.683. The molecule has 2 amide bonds. The number of nitrogens with zero attached hydrogens (tertiary/aromatic N) is 1. The summed E-state index contributed by atoms with van der Waals surface area (Å²) < 4.78 is 24.7. The van der Waals surface area contributed by atoms with Gasteiger partial charge in [0.1, 0.15) is 11.7 Å². The molecule has 2 aromatic rings. The molecule has 0 aromatic heterocycles. The number of nitrogens with one attached hydrogen (secondary N) is 1. The Morgan fingerprint density at radius 3 is 2.89 bits per heavy atom. The molecule has 0 aliphatic carbocycles. The number of carbonyl (C=O) groups is 2. The number of halogens is 1. The standard InChI is InChI=1S/C20H19FN2O4/c1-12-2-4-15(21)16(8-12)23-7-6-14(20(23)25)19(24)22-10-13-3-5-17-18(9-13)27-11-26-17/h2-5,8-9,14H,6-7,10-11H2,1H3,(H,22,24). The summed E-state index contributed by atoms with van der Waals surface area (Å²) in [5, 5.41) is 2.78. The van der Waals surface area contributed by atoms with E-state index in [0.29, 0.717) is 24.5 Å². The second-order valence-electron chi connectivity index (χ2n) is 6.69. The monoisotopic (exact) mass is 370 g/mol. The average molecular weight is 370 g/mol. The minimum Gasteiger partial charge on any atom is -0.454 e. The highest BCUT2D eigenvalue weighted by Gasteiger charge is 2.38. The van der Waals surface area contributed by atoms with Crippen molar-refractivity contribution in [2.24, 2.45) is 5.92 Å². The lowest BCUT2D eigenvalue weighted by atomic mass is 10.1. The number of hydrogen-bond donors (Lipinski definition) is 1. The largest absolute Gasteiger partial charge is 0.454 e. The van der Waals surface area contributed by atoms with Gasteiger partial charge in [-0.3, -0.25) is 9.59 Å². The molecule has 0 saturated carbocycles. The quantitative estimate of drug-likeness (QED) is 0.840. The van der Waals surface area contributed by atoms with Gasteiger partial charge >= 0.3 is 0 Å². The molecule has 140 valence electrons. The summed E-state index contributed by atoms with van der Waals surface area (Å²) >= 11 is 0. The molecular formula is C20H19FN2O4. The maximum absolute atomic E-state index is 14.1. The van der Waals surface area contributed by atoms with Gasteiger partial charge in [0, 0.05) is 13.1 Å². The first-order valence-electron chi connectivity index (χ1n) is 8.77. The van der Waals surface area contributed by atoms with Gasteiger partial charge in [-0.2, -0.15) is 0 Å². The summed E-state index contributed by atoms with van der Waals surface area (Å²) in [6.45, 7) is 2.62. The summed E-state index contributed by atoms with van der Waals surface area (Å²) in [6, 6.07) is 10.0. The average Bonchev–Trinajstić information content (AvgIpc) is 3.27. The van der Waals surface area contributed by atoms with Crippen LogP contribution in [0.2, 0.25) is 0 Å². The lowest BCUT2D eigenvalue weighted by Crippen LogP contribution is -2.36. The van der Waals surface area contributed by atoms with Gasteiger partial charge in [-0.1, -0.05) is 12.1 Å². The Kier molecular flexibility index (Phi) is 4.43. The van der Waals surface area contributed by atoms with Gasteiger partial charge < -0.3 is 19.7 Å². The Balaban J connectivity index is 1.41. The van der Waals surface area contributed by atoms with Crippen LogP contribution in [-0.4, -0.2) is 25.2 Å². The van der Waals surface area contributed by atoms with Crippen molar-refractivity contribution in [1.82, 2.24) is 5.32 Å². The molecule has 7 heteroatoms. The molecule has 2 aliphatic heterocycles. The number of anilines is 1. The number of hydrogen-bond acceptors (Lipinski definition) is 4. The molecule has 4 rings (SSSR count). The van der Waals surface area contributed by atoms with Crippen LogP contribution < -0.4 is 19.7 Å². The van der Waals surface area contributed by atoms with E-state index in [9.17, 15) is 14.0 Å². The Morgan fingerprint density at radius 1 is 1.22 bits per heavy atom. The van der Waals surface area contributed by atoms with Crippen molar-refractivity contribution in [3.63, 3.8) is 0 Å². The van der Waals surface area contributed by atoms with Crippen LogP contribution in [0.25, 0.3) is 0 Å². The normalized spacial score (nSPS) is 18.1. The first-order valence-corrected chi connectivity index (χ1v) is 8.77. The van der Waals surface area contributed by atoms with Crippen LogP contribution in [-0.2, 0) is 16.1 Å². The molecule has 2 heterocycles. The number of carbonyl (C=O) groups excluding carboxylic acids is 2. The SMILES string of the molecule is Cc1ccc(F)c(N2CCC(C(=O)NCc3ccc4c(c3)OCO4)C2=O)c1. The fourth-order valence-electron chi connectivity index (χ4n) is 3.36. The van der Waals surface area contributed by atoms with E-state index in [-0.39, 0.29) is 30.8 Å². The number of rotatable bonds is 4. The molecule has 0 radical (unpaired) electrons. The van der Waals surface area contributed by atoms with E-state index in [2.05, 4.69) is 5.32 Å². The molecule has 2 aliphatic rings. The van der Waals surface area contributed by atoms with Gasteiger partial charge in [0.2, 0.25) is 18.6 Å². The van der Waals surface area contributed by atoms with Crippen molar-refractivity contribution >= 4 is 17.5 Å². The number of ether oxygens (including phenoxy) is 2. The van der Waals surface area contributed by atoms with Gasteiger partial charge in [-0.05, 0) is 48.7 Å². The van der Waals surface area contributed by atoms with Gasteiger partial charge in [-0.25, -0.2) is 4.39 Å². The lowest BCUT2D eigenvalue weighted by molar-refractivity contribution is -0.132. The number of aryl methyl sites for hydroxylation is 1. The number of amides is 2. The highest BCUT2D eigenvalue weighted by molar-refractivity contribution is 6.09. The molecule has 27 heavy (non-hydrogen) atoms. The highest BCUT2D eigenvalue weighted by Crippen LogP contribution is 2.32. The Hall–Kier alpha value is -3.09. The molecular weight excluding hydrogens is 351 g/mol. The van der Waals surface area contributed by atoms with Crippen LogP contribution >= 0.6 is 0 Å². The third kappa shape index (κ3) is 3.32. The van der Waals surface area contributed by atoms with Crippen LogP contribution in [0.1, 0.15) is 17.5 Å². The molecule has 1 fully saturated rings. The van der Waals surface area contributed by atoms with E-state index in [1.54, 1.807) is 24.3 Å². The van der Waals surface area contributed by atoms with Crippen LogP contribution in [0.4, 0.5) is 10.1 Å². The zero-order chi connectivity index (χ0) is 19.0. The Bertz CT molecular complexity index is 915. The zero-order valence-corrected chi connectivity index (χ0v) is 14.8. The summed E-state index contributed by atoms with van der Waals surface area (Å²) in [5.41, 5.74) is 1.93. The Labute approximate surface area is 155 Å². The molecule has 0 bridgehead atoms. The van der Waals surface area contributed by atoms with E-state index >= 15 is 0 Å². The van der Waals surface area contributed by atoms with Crippen molar-refractivity contribution in [3.05, 3.63) is 53.3 Å². The minimum atomic E-state index is -0.807. The van der Waals surface area contributed by atoms with Gasteiger partial charge in [-0.15, -0.1) is 0 Å². The lowest BCUT2D eigenvalue weighted by Gasteiger charge is -2.18. The topological polar surface area (TPSA) is 67.9 Å². The van der Waals surface area contributed by atoms with Crippen molar-refractivity contribution in [2.75, 3.05) is 18.2 Å². The van der Waals surface area contributed by atoms with Crippen LogP contribution in [0, 0.1) is 18.7 Å². The minimum absolute atomic E-state index is 0.188. The van der Waals surface area contributed by atoms with Crippen molar-refractivity contribution < 1.29 is 23.5 Å². The summed E-state index contributed by atoms with van der Waals surface area (Å²) in [7, 11) is 0. The van der Waals surface area contributed by atoms with Gasteiger partial charge in [0.15, 0.2) is 11.5 Å². The molecule has 2 aromatic carbocycles. The van der Waals surface area contributed by atoms with Crippen LogP contribution in [0.3, 0.4) is 0 Å². The molecule has 1 atom stereocenters. The predicted octanol–water partition coefficient (Wildman–Crippen LogP) is 2.53.